The number of hydrogen-bond acceptors (Lipinski definition) is 2. The molecule has 1 unspecified atom stereocenters. The van der Waals surface area contributed by atoms with Crippen LogP contribution in [0, 0.1) is 0 Å². The van der Waals surface area contributed by atoms with Crippen LogP contribution in [0.15, 0.2) is 24.8 Å². The first-order chi connectivity index (χ1) is 6.52. The summed E-state index contributed by atoms with van der Waals surface area (Å²) >= 11 is 0. The van der Waals surface area contributed by atoms with Crippen molar-refractivity contribution in [3.8, 4) is 0 Å². The van der Waals surface area contributed by atoms with Crippen LogP contribution in [0.3, 0.4) is 0 Å². The third kappa shape index (κ3) is 4.23. The zero-order valence-electron chi connectivity index (χ0n) is 9.12. The monoisotopic (exact) mass is 196 g/mol. The zero-order chi connectivity index (χ0) is 11.1. The van der Waals surface area contributed by atoms with E-state index in [2.05, 4.69) is 13.2 Å². The quantitative estimate of drug-likeness (QED) is 0.651. The summed E-state index contributed by atoms with van der Waals surface area (Å²) in [6, 6.07) is -0.466. The first-order valence-corrected chi connectivity index (χ1v) is 4.82. The van der Waals surface area contributed by atoms with Crippen molar-refractivity contribution in [3.05, 3.63) is 24.8 Å². The van der Waals surface area contributed by atoms with E-state index >= 15 is 0 Å². The Kier molecular flexibility index (Phi) is 5.88. The van der Waals surface area contributed by atoms with E-state index < -0.39 is 6.04 Å². The standard InChI is InChI=1S/C11H20N2O/c1-5-7-10(12)11(14)13(6-2)8-9(3)4/h5,10H,1,3,6-8,12H2,2,4H3. The van der Waals surface area contributed by atoms with Gasteiger partial charge >= 0.3 is 0 Å². The Balaban J connectivity index is 4.29. The molecule has 14 heavy (non-hydrogen) atoms. The van der Waals surface area contributed by atoms with Crippen LogP contribution >= 0.6 is 0 Å². The van der Waals surface area contributed by atoms with Crippen molar-refractivity contribution in [2.45, 2.75) is 26.3 Å². The van der Waals surface area contributed by atoms with Gasteiger partial charge in [0.15, 0.2) is 0 Å². The number of nitrogens with two attached hydrogens (primary N) is 1. The molecule has 0 aliphatic rings. The number of hydrogen-bond donors (Lipinski definition) is 1. The fourth-order valence-electron chi connectivity index (χ4n) is 1.19. The molecular formula is C11H20N2O. The van der Waals surface area contributed by atoms with Crippen molar-refractivity contribution in [1.82, 2.24) is 4.90 Å². The van der Waals surface area contributed by atoms with E-state index in [4.69, 9.17) is 5.73 Å². The average Bonchev–Trinajstić information content (AvgIpc) is 2.13. The molecule has 0 aliphatic heterocycles. The van der Waals surface area contributed by atoms with Crippen LogP contribution < -0.4 is 5.73 Å². The van der Waals surface area contributed by atoms with Gasteiger partial charge in [-0.3, -0.25) is 4.79 Å². The number of nitrogens with zero attached hydrogens (tertiary/aromatic N) is 1. The van der Waals surface area contributed by atoms with Gasteiger partial charge in [-0.1, -0.05) is 18.2 Å². The molecule has 0 radical (unpaired) electrons. The Morgan fingerprint density at radius 2 is 2.21 bits per heavy atom. The molecule has 0 bridgehead atoms. The second kappa shape index (κ2) is 6.38. The lowest BCUT2D eigenvalue weighted by Crippen LogP contribution is -2.44. The molecule has 0 aliphatic carbocycles. The predicted molar refractivity (Wildman–Crippen MR) is 59.9 cm³/mol. The number of amides is 1. The molecule has 0 aromatic carbocycles. The van der Waals surface area contributed by atoms with Gasteiger partial charge in [0.25, 0.3) is 0 Å². The predicted octanol–water partition coefficient (Wildman–Crippen LogP) is 1.31. The molecular weight excluding hydrogens is 176 g/mol. The maximum absolute atomic E-state index is 11.7. The second-order valence-electron chi connectivity index (χ2n) is 3.44. The van der Waals surface area contributed by atoms with Gasteiger partial charge in [-0.05, 0) is 20.3 Å². The van der Waals surface area contributed by atoms with E-state index in [1.165, 1.54) is 0 Å². The molecule has 1 amide bonds. The maximum Gasteiger partial charge on any atom is 0.240 e. The lowest BCUT2D eigenvalue weighted by atomic mass is 10.2. The van der Waals surface area contributed by atoms with Crippen molar-refractivity contribution in [3.63, 3.8) is 0 Å². The van der Waals surface area contributed by atoms with Crippen LogP contribution in [0.1, 0.15) is 20.3 Å². The summed E-state index contributed by atoms with van der Waals surface area (Å²) in [5.41, 5.74) is 6.65. The summed E-state index contributed by atoms with van der Waals surface area (Å²) in [5, 5.41) is 0. The molecule has 0 spiro atoms. The van der Waals surface area contributed by atoms with Gasteiger partial charge in [-0.2, -0.15) is 0 Å². The molecule has 3 nitrogen and oxygen atoms in total. The molecule has 0 fully saturated rings. The number of carbonyl (C=O) groups is 1. The second-order valence-corrected chi connectivity index (χ2v) is 3.44. The topological polar surface area (TPSA) is 46.3 Å². The largest absolute Gasteiger partial charge is 0.338 e. The van der Waals surface area contributed by atoms with E-state index in [1.54, 1.807) is 11.0 Å². The third-order valence-electron chi connectivity index (χ3n) is 1.89. The molecule has 0 saturated carbocycles. The van der Waals surface area contributed by atoms with Gasteiger partial charge in [0.05, 0.1) is 6.04 Å². The fourth-order valence-corrected chi connectivity index (χ4v) is 1.19. The maximum atomic E-state index is 11.7. The van der Waals surface area contributed by atoms with Gasteiger partial charge < -0.3 is 10.6 Å². The molecule has 0 aromatic rings. The highest BCUT2D eigenvalue weighted by Crippen LogP contribution is 2.01. The SMILES string of the molecule is C=CCC(N)C(=O)N(CC)CC(=C)C. The number of rotatable bonds is 6. The van der Waals surface area contributed by atoms with E-state index in [9.17, 15) is 4.79 Å². The first-order valence-electron chi connectivity index (χ1n) is 4.82. The first kappa shape index (κ1) is 12.9. The molecule has 0 heterocycles. The van der Waals surface area contributed by atoms with Crippen molar-refractivity contribution in [2.24, 2.45) is 5.73 Å². The van der Waals surface area contributed by atoms with Crippen molar-refractivity contribution in [1.29, 1.82) is 0 Å². The Hall–Kier alpha value is -1.09. The highest BCUT2D eigenvalue weighted by molar-refractivity contribution is 5.82. The number of likely N-dealkylation sites (N-methyl/N-ethyl adjacent to an activating group) is 1. The van der Waals surface area contributed by atoms with Crippen LogP contribution in [0.25, 0.3) is 0 Å². The average molecular weight is 196 g/mol. The summed E-state index contributed by atoms with van der Waals surface area (Å²) in [4.78, 5) is 13.4. The molecule has 0 rings (SSSR count). The summed E-state index contributed by atoms with van der Waals surface area (Å²) in [6.45, 7) is 12.4. The van der Waals surface area contributed by atoms with Gasteiger partial charge in [0.1, 0.15) is 0 Å². The fraction of sp³-hybridized carbons (Fsp3) is 0.545. The highest BCUT2D eigenvalue weighted by atomic mass is 16.2. The van der Waals surface area contributed by atoms with Gasteiger partial charge in [-0.25, -0.2) is 0 Å². The molecule has 0 aromatic heterocycles. The lowest BCUT2D eigenvalue weighted by Gasteiger charge is -2.23. The lowest BCUT2D eigenvalue weighted by molar-refractivity contribution is -0.131. The molecule has 80 valence electrons. The minimum Gasteiger partial charge on any atom is -0.338 e. The number of carbonyl (C=O) groups excluding carboxylic acids is 1. The minimum atomic E-state index is -0.466. The molecule has 2 N–H and O–H groups in total. The highest BCUT2D eigenvalue weighted by Gasteiger charge is 2.18. The van der Waals surface area contributed by atoms with E-state index in [0.29, 0.717) is 19.5 Å². The smallest absolute Gasteiger partial charge is 0.240 e. The van der Waals surface area contributed by atoms with Crippen LogP contribution in [-0.2, 0) is 4.79 Å². The van der Waals surface area contributed by atoms with Crippen LogP contribution in [0.2, 0.25) is 0 Å². The van der Waals surface area contributed by atoms with Crippen LogP contribution in [-0.4, -0.2) is 29.9 Å². The van der Waals surface area contributed by atoms with E-state index in [-0.39, 0.29) is 5.91 Å². The van der Waals surface area contributed by atoms with E-state index in [1.807, 2.05) is 13.8 Å². The summed E-state index contributed by atoms with van der Waals surface area (Å²) in [7, 11) is 0. The summed E-state index contributed by atoms with van der Waals surface area (Å²) in [6.07, 6.45) is 2.18. The molecule has 0 saturated heterocycles. The van der Waals surface area contributed by atoms with Crippen LogP contribution in [0.4, 0.5) is 0 Å². The van der Waals surface area contributed by atoms with Gasteiger partial charge in [0.2, 0.25) is 5.91 Å². The summed E-state index contributed by atoms with van der Waals surface area (Å²) in [5.74, 6) is -0.0320. The van der Waals surface area contributed by atoms with E-state index in [0.717, 1.165) is 5.57 Å². The Morgan fingerprint density at radius 1 is 1.64 bits per heavy atom. The zero-order valence-corrected chi connectivity index (χ0v) is 9.12. The van der Waals surface area contributed by atoms with Gasteiger partial charge in [0, 0.05) is 13.1 Å². The normalized spacial score (nSPS) is 11.9. The van der Waals surface area contributed by atoms with Crippen LogP contribution in [0.5, 0.6) is 0 Å². The molecule has 3 heteroatoms. The minimum absolute atomic E-state index is 0.0320. The Labute approximate surface area is 86.3 Å². The van der Waals surface area contributed by atoms with Crippen molar-refractivity contribution < 1.29 is 4.79 Å². The van der Waals surface area contributed by atoms with Gasteiger partial charge in [-0.15, -0.1) is 6.58 Å². The van der Waals surface area contributed by atoms with Crippen molar-refractivity contribution >= 4 is 5.91 Å². The molecule has 1 atom stereocenters. The summed E-state index contributed by atoms with van der Waals surface area (Å²) < 4.78 is 0. The Bertz CT molecular complexity index is 223. The van der Waals surface area contributed by atoms with Crippen molar-refractivity contribution in [2.75, 3.05) is 13.1 Å². The third-order valence-corrected chi connectivity index (χ3v) is 1.89. The Morgan fingerprint density at radius 3 is 2.57 bits per heavy atom.